The van der Waals surface area contributed by atoms with E-state index in [4.69, 9.17) is 0 Å². The molecule has 1 aromatic rings. The molecule has 1 saturated heterocycles. The van der Waals surface area contributed by atoms with Crippen LogP contribution in [0.4, 0.5) is 4.39 Å². The monoisotopic (exact) mass is 342 g/mol. The molecule has 4 bridgehead atoms. The maximum absolute atomic E-state index is 13.6. The molecule has 1 heterocycles. The number of hydrogen-bond donors (Lipinski definition) is 0. The number of hydrogen-bond acceptors (Lipinski definition) is 2. The zero-order valence-corrected chi connectivity index (χ0v) is 15.1. The van der Waals surface area contributed by atoms with Crippen LogP contribution in [0, 0.1) is 29.5 Å². The summed E-state index contributed by atoms with van der Waals surface area (Å²) >= 11 is 0. The van der Waals surface area contributed by atoms with Crippen molar-refractivity contribution in [3.05, 3.63) is 35.6 Å². The van der Waals surface area contributed by atoms with Crippen molar-refractivity contribution in [1.29, 1.82) is 0 Å². The van der Waals surface area contributed by atoms with Gasteiger partial charge in [0.05, 0.1) is 6.04 Å². The van der Waals surface area contributed by atoms with Crippen LogP contribution in [0.25, 0.3) is 0 Å². The molecule has 1 aromatic carbocycles. The van der Waals surface area contributed by atoms with Crippen molar-refractivity contribution in [3.8, 4) is 0 Å². The average molecular weight is 342 g/mol. The van der Waals surface area contributed by atoms with E-state index < -0.39 is 5.54 Å². The van der Waals surface area contributed by atoms with Crippen LogP contribution in [0.1, 0.15) is 51.5 Å². The molecule has 4 saturated carbocycles. The van der Waals surface area contributed by atoms with Gasteiger partial charge in [0, 0.05) is 6.54 Å². The van der Waals surface area contributed by atoms with Crippen molar-refractivity contribution < 1.29 is 9.18 Å². The molecule has 6 rings (SSSR count). The predicted molar refractivity (Wildman–Crippen MR) is 93.7 cm³/mol. The van der Waals surface area contributed by atoms with Crippen LogP contribution in [0.15, 0.2) is 24.3 Å². The lowest BCUT2D eigenvalue weighted by Gasteiger charge is -2.65. The van der Waals surface area contributed by atoms with Gasteiger partial charge in [0.15, 0.2) is 0 Å². The minimum Gasteiger partial charge on any atom is -0.271 e. The Labute approximate surface area is 149 Å². The van der Waals surface area contributed by atoms with Gasteiger partial charge in [-0.1, -0.05) is 12.1 Å². The minimum atomic E-state index is -0.485. The molecular formula is C21H27FN2O. The van der Waals surface area contributed by atoms with Gasteiger partial charge in [-0.15, -0.1) is 0 Å². The molecule has 0 atom stereocenters. The normalized spacial score (nSPS) is 38.9. The maximum Gasteiger partial charge on any atom is 0.258 e. The standard InChI is InChI=1S/C21H27FN2O/c1-21(2)20(25)24(23(21)12-13-4-3-5-18(22)11-13)19-16-7-14-6-15(9-16)10-17(19)8-14/h3-5,11,14-17,19H,6-10,12H2,1-2H3. The van der Waals surface area contributed by atoms with E-state index >= 15 is 0 Å². The first-order valence-corrected chi connectivity index (χ1v) is 9.79. The fraction of sp³-hybridized carbons (Fsp3) is 0.667. The van der Waals surface area contributed by atoms with Crippen molar-refractivity contribution >= 4 is 5.91 Å². The summed E-state index contributed by atoms with van der Waals surface area (Å²) in [4.78, 5) is 13.0. The largest absolute Gasteiger partial charge is 0.271 e. The van der Waals surface area contributed by atoms with Gasteiger partial charge >= 0.3 is 0 Å². The molecule has 0 aromatic heterocycles. The van der Waals surface area contributed by atoms with Crippen molar-refractivity contribution in [3.63, 3.8) is 0 Å². The Morgan fingerprint density at radius 2 is 1.72 bits per heavy atom. The van der Waals surface area contributed by atoms with Gasteiger partial charge < -0.3 is 0 Å². The number of rotatable bonds is 3. The van der Waals surface area contributed by atoms with Crippen LogP contribution in [0.2, 0.25) is 0 Å². The summed E-state index contributed by atoms with van der Waals surface area (Å²) in [6.45, 7) is 4.61. The average Bonchev–Trinajstić information content (AvgIpc) is 2.56. The summed E-state index contributed by atoms with van der Waals surface area (Å²) in [5, 5.41) is 4.29. The van der Waals surface area contributed by atoms with E-state index in [2.05, 4.69) is 10.0 Å². The topological polar surface area (TPSA) is 23.6 Å². The number of carbonyl (C=O) groups is 1. The van der Waals surface area contributed by atoms with Crippen LogP contribution in [-0.4, -0.2) is 27.5 Å². The fourth-order valence-corrected chi connectivity index (χ4v) is 6.40. The summed E-state index contributed by atoms with van der Waals surface area (Å²) in [7, 11) is 0. The first kappa shape index (κ1) is 15.8. The zero-order chi connectivity index (χ0) is 17.3. The van der Waals surface area contributed by atoms with E-state index in [0.29, 0.717) is 24.4 Å². The van der Waals surface area contributed by atoms with Gasteiger partial charge in [-0.2, -0.15) is 5.01 Å². The SMILES string of the molecule is CC1(C)C(=O)N(C2C3CC4CC(C3)CC2C4)N1Cc1cccc(F)c1. The van der Waals surface area contributed by atoms with E-state index in [9.17, 15) is 9.18 Å². The Morgan fingerprint density at radius 3 is 2.32 bits per heavy atom. The van der Waals surface area contributed by atoms with Crippen molar-refractivity contribution in [2.75, 3.05) is 0 Å². The molecule has 134 valence electrons. The van der Waals surface area contributed by atoms with Gasteiger partial charge in [-0.3, -0.25) is 9.80 Å². The second-order valence-corrected chi connectivity index (χ2v) is 9.32. The van der Waals surface area contributed by atoms with Crippen LogP contribution in [0.3, 0.4) is 0 Å². The molecule has 1 aliphatic heterocycles. The zero-order valence-electron chi connectivity index (χ0n) is 15.1. The maximum atomic E-state index is 13.6. The molecule has 1 amide bonds. The van der Waals surface area contributed by atoms with E-state index in [-0.39, 0.29) is 11.7 Å². The van der Waals surface area contributed by atoms with Crippen molar-refractivity contribution in [2.45, 2.75) is 64.1 Å². The smallest absolute Gasteiger partial charge is 0.258 e. The molecular weight excluding hydrogens is 315 g/mol. The van der Waals surface area contributed by atoms with Crippen molar-refractivity contribution in [1.82, 2.24) is 10.0 Å². The number of halogens is 1. The molecule has 5 aliphatic rings. The molecule has 4 aliphatic carbocycles. The fourth-order valence-electron chi connectivity index (χ4n) is 6.40. The molecule has 0 radical (unpaired) electrons. The van der Waals surface area contributed by atoms with Gasteiger partial charge in [0.25, 0.3) is 5.91 Å². The first-order valence-electron chi connectivity index (χ1n) is 9.79. The summed E-state index contributed by atoms with van der Waals surface area (Å²) < 4.78 is 13.6. The summed E-state index contributed by atoms with van der Waals surface area (Å²) in [6, 6.07) is 7.16. The van der Waals surface area contributed by atoms with E-state index in [1.807, 2.05) is 19.9 Å². The third-order valence-corrected chi connectivity index (χ3v) is 7.32. The molecule has 0 unspecified atom stereocenters. The van der Waals surface area contributed by atoms with E-state index in [0.717, 1.165) is 17.4 Å². The van der Waals surface area contributed by atoms with Crippen LogP contribution in [0.5, 0.6) is 0 Å². The molecule has 0 spiro atoms. The van der Waals surface area contributed by atoms with E-state index in [1.54, 1.807) is 12.1 Å². The Kier molecular flexibility index (Phi) is 3.35. The third kappa shape index (κ3) is 2.29. The van der Waals surface area contributed by atoms with Crippen LogP contribution in [-0.2, 0) is 11.3 Å². The number of hydrazine groups is 1. The minimum absolute atomic E-state index is 0.205. The van der Waals surface area contributed by atoms with Crippen molar-refractivity contribution in [2.24, 2.45) is 23.7 Å². The molecule has 0 N–H and O–H groups in total. The quantitative estimate of drug-likeness (QED) is 0.829. The second-order valence-electron chi connectivity index (χ2n) is 9.32. The van der Waals surface area contributed by atoms with Gasteiger partial charge in [-0.25, -0.2) is 4.39 Å². The lowest BCUT2D eigenvalue weighted by Crippen LogP contribution is -2.79. The molecule has 4 heteroatoms. The summed E-state index contributed by atoms with van der Waals surface area (Å²) in [5.41, 5.74) is 0.454. The lowest BCUT2D eigenvalue weighted by atomic mass is 9.53. The number of carbonyl (C=O) groups excluding carboxylic acids is 1. The Balaban J connectivity index is 1.43. The summed E-state index contributed by atoms with van der Waals surface area (Å²) in [6.07, 6.45) is 6.63. The van der Waals surface area contributed by atoms with Gasteiger partial charge in [0.2, 0.25) is 0 Å². The number of amides is 1. The number of nitrogens with zero attached hydrogens (tertiary/aromatic N) is 2. The van der Waals surface area contributed by atoms with E-state index in [1.165, 1.54) is 38.2 Å². The highest BCUT2D eigenvalue weighted by Crippen LogP contribution is 2.57. The molecule has 25 heavy (non-hydrogen) atoms. The summed E-state index contributed by atoms with van der Waals surface area (Å²) in [5.74, 6) is 3.20. The lowest BCUT2D eigenvalue weighted by molar-refractivity contribution is -0.251. The first-order chi connectivity index (χ1) is 11.9. The highest BCUT2D eigenvalue weighted by atomic mass is 19.1. The van der Waals surface area contributed by atoms with Gasteiger partial charge in [0.1, 0.15) is 11.4 Å². The Bertz CT molecular complexity index is 688. The number of benzene rings is 1. The molecule has 5 fully saturated rings. The molecule has 3 nitrogen and oxygen atoms in total. The highest BCUT2D eigenvalue weighted by Gasteiger charge is 2.60. The Morgan fingerprint density at radius 1 is 1.08 bits per heavy atom. The second kappa shape index (κ2) is 5.29. The predicted octanol–water partition coefficient (Wildman–Crippen LogP) is 3.99. The Hall–Kier alpha value is -1.42. The third-order valence-electron chi connectivity index (χ3n) is 7.32. The van der Waals surface area contributed by atoms with Crippen LogP contribution < -0.4 is 0 Å². The highest BCUT2D eigenvalue weighted by molar-refractivity contribution is 5.90. The van der Waals surface area contributed by atoms with Crippen LogP contribution >= 0.6 is 0 Å². The van der Waals surface area contributed by atoms with Gasteiger partial charge in [-0.05, 0) is 87.3 Å².